The topological polar surface area (TPSA) is 105 Å². The number of pyridine rings is 1. The zero-order chi connectivity index (χ0) is 29.1. The van der Waals surface area contributed by atoms with Gasteiger partial charge in [-0.05, 0) is 56.9 Å². The van der Waals surface area contributed by atoms with Crippen LogP contribution in [0.4, 0.5) is 11.8 Å². The van der Waals surface area contributed by atoms with E-state index in [1.165, 1.54) is 11.6 Å². The minimum Gasteiger partial charge on any atom is -0.381 e. The number of carbonyl (C=O) groups excluding carboxylic acids is 1. The van der Waals surface area contributed by atoms with Crippen LogP contribution in [-0.2, 0) is 15.1 Å². The number of rotatable bonds is 8. The predicted octanol–water partition coefficient (Wildman–Crippen LogP) is 3.92. The standard InChI is InChI=1S/C31H41N7O3/c1-6-26(39)36-15-17-37(18-16-36)31(13-19-41-20-14-31)24-9-7-23(8-10-24)22(4)33-30-34-28(32-5)25-11-12-27(40)38(21(2)3)29(25)35-30/h6-12,21-22H,1,13-20H2,2-5H3,(H2,32,33,34,35)/t22-/m0/s1. The van der Waals surface area contributed by atoms with Gasteiger partial charge in [0.05, 0.1) is 17.0 Å². The summed E-state index contributed by atoms with van der Waals surface area (Å²) in [6, 6.07) is 12.1. The average molecular weight is 560 g/mol. The van der Waals surface area contributed by atoms with Crippen LogP contribution in [0.15, 0.2) is 53.8 Å². The molecular formula is C31H41N7O3. The maximum absolute atomic E-state index is 12.6. The molecule has 1 amide bonds. The molecule has 0 spiro atoms. The van der Waals surface area contributed by atoms with Crippen LogP contribution in [0.3, 0.4) is 0 Å². The summed E-state index contributed by atoms with van der Waals surface area (Å²) in [5, 5.41) is 7.41. The van der Waals surface area contributed by atoms with Crippen LogP contribution in [0.1, 0.15) is 56.8 Å². The molecule has 10 nitrogen and oxygen atoms in total. The Morgan fingerprint density at radius 1 is 1.02 bits per heavy atom. The zero-order valence-corrected chi connectivity index (χ0v) is 24.5. The van der Waals surface area contributed by atoms with Crippen LogP contribution in [0.25, 0.3) is 11.0 Å². The number of nitrogens with zero attached hydrogens (tertiary/aromatic N) is 5. The number of hydrogen-bond donors (Lipinski definition) is 2. The largest absolute Gasteiger partial charge is 0.381 e. The molecule has 0 saturated carbocycles. The highest BCUT2D eigenvalue weighted by molar-refractivity contribution is 5.88. The van der Waals surface area contributed by atoms with E-state index in [2.05, 4.69) is 53.3 Å². The molecule has 4 heterocycles. The maximum atomic E-state index is 12.6. The van der Waals surface area contributed by atoms with E-state index in [0.29, 0.717) is 30.5 Å². The number of piperazine rings is 1. The third-order valence-corrected chi connectivity index (χ3v) is 8.52. The normalized spacial score (nSPS) is 18.3. The number of nitrogens with one attached hydrogen (secondary N) is 2. The summed E-state index contributed by atoms with van der Waals surface area (Å²) in [6.07, 6.45) is 3.25. The lowest BCUT2D eigenvalue weighted by molar-refractivity contribution is -0.130. The van der Waals surface area contributed by atoms with Gasteiger partial charge in [-0.25, -0.2) is 0 Å². The summed E-state index contributed by atoms with van der Waals surface area (Å²) in [5.41, 5.74) is 2.80. The van der Waals surface area contributed by atoms with Crippen molar-refractivity contribution in [1.82, 2.24) is 24.3 Å². The number of benzene rings is 1. The van der Waals surface area contributed by atoms with E-state index in [9.17, 15) is 9.59 Å². The number of anilines is 2. The Balaban J connectivity index is 1.38. The third-order valence-electron chi connectivity index (χ3n) is 8.52. The Kier molecular flexibility index (Phi) is 8.42. The highest BCUT2D eigenvalue weighted by Crippen LogP contribution is 2.39. The van der Waals surface area contributed by atoms with E-state index in [1.54, 1.807) is 16.7 Å². The van der Waals surface area contributed by atoms with Gasteiger partial charge in [-0.15, -0.1) is 0 Å². The van der Waals surface area contributed by atoms with E-state index in [1.807, 2.05) is 25.8 Å². The van der Waals surface area contributed by atoms with Crippen LogP contribution in [0.2, 0.25) is 0 Å². The minimum absolute atomic E-state index is 0.00115. The fraction of sp³-hybridized carbons (Fsp3) is 0.484. The van der Waals surface area contributed by atoms with E-state index in [-0.39, 0.29) is 29.1 Å². The molecule has 0 unspecified atom stereocenters. The van der Waals surface area contributed by atoms with E-state index in [4.69, 9.17) is 14.7 Å². The fourth-order valence-electron chi connectivity index (χ4n) is 6.23. The molecule has 1 aromatic carbocycles. The quantitative estimate of drug-likeness (QED) is 0.400. The van der Waals surface area contributed by atoms with Crippen molar-refractivity contribution in [2.24, 2.45) is 0 Å². The van der Waals surface area contributed by atoms with Gasteiger partial charge in [0, 0.05) is 58.5 Å². The lowest BCUT2D eigenvalue weighted by Crippen LogP contribution is -2.58. The Morgan fingerprint density at radius 2 is 1.71 bits per heavy atom. The minimum atomic E-state index is -0.111. The van der Waals surface area contributed by atoms with E-state index < -0.39 is 0 Å². The van der Waals surface area contributed by atoms with Crippen molar-refractivity contribution in [2.75, 3.05) is 57.1 Å². The molecule has 0 aliphatic carbocycles. The van der Waals surface area contributed by atoms with E-state index in [0.717, 1.165) is 50.1 Å². The fourth-order valence-corrected chi connectivity index (χ4v) is 6.23. The summed E-state index contributed by atoms with van der Waals surface area (Å²) >= 11 is 0. The summed E-state index contributed by atoms with van der Waals surface area (Å²) in [5.74, 6) is 1.14. The van der Waals surface area contributed by atoms with Gasteiger partial charge in [-0.3, -0.25) is 19.1 Å². The SMILES string of the molecule is C=CC(=O)N1CCN(C2(c3ccc([C@H](C)Nc4nc(NC)c5ccc(=O)n(C(C)C)c5n4)cc3)CCOCC2)CC1. The molecular weight excluding hydrogens is 518 g/mol. The lowest BCUT2D eigenvalue weighted by Gasteiger charge is -2.50. The Hall–Kier alpha value is -3.76. The monoisotopic (exact) mass is 559 g/mol. The second-order valence-corrected chi connectivity index (χ2v) is 11.2. The Bertz CT molecular complexity index is 1450. The van der Waals surface area contributed by atoms with Crippen molar-refractivity contribution in [3.8, 4) is 0 Å². The van der Waals surface area contributed by atoms with Crippen LogP contribution in [0.5, 0.6) is 0 Å². The summed E-state index contributed by atoms with van der Waals surface area (Å²) in [4.78, 5) is 38.6. The Morgan fingerprint density at radius 3 is 2.32 bits per heavy atom. The number of aromatic nitrogens is 3. The van der Waals surface area contributed by atoms with Gasteiger partial charge in [0.25, 0.3) is 5.56 Å². The molecule has 5 rings (SSSR count). The van der Waals surface area contributed by atoms with Gasteiger partial charge in [-0.2, -0.15) is 9.97 Å². The molecule has 10 heteroatoms. The third kappa shape index (κ3) is 5.58. The number of amides is 1. The van der Waals surface area contributed by atoms with Gasteiger partial charge >= 0.3 is 0 Å². The lowest BCUT2D eigenvalue weighted by atomic mass is 9.80. The zero-order valence-electron chi connectivity index (χ0n) is 24.5. The van der Waals surface area contributed by atoms with Gasteiger partial charge < -0.3 is 20.3 Å². The van der Waals surface area contributed by atoms with Crippen molar-refractivity contribution < 1.29 is 9.53 Å². The molecule has 41 heavy (non-hydrogen) atoms. The molecule has 0 radical (unpaired) electrons. The molecule has 2 fully saturated rings. The second kappa shape index (κ2) is 12.0. The highest BCUT2D eigenvalue weighted by Gasteiger charge is 2.41. The smallest absolute Gasteiger partial charge is 0.252 e. The first-order valence-electron chi connectivity index (χ1n) is 14.5. The number of carbonyl (C=O) groups is 1. The molecule has 2 aliphatic heterocycles. The van der Waals surface area contributed by atoms with Crippen LogP contribution in [-0.4, -0.2) is 76.7 Å². The van der Waals surface area contributed by atoms with Gasteiger partial charge in [-0.1, -0.05) is 30.8 Å². The van der Waals surface area contributed by atoms with Crippen LogP contribution >= 0.6 is 0 Å². The number of ether oxygens (including phenoxy) is 1. The molecule has 2 aromatic heterocycles. The summed E-state index contributed by atoms with van der Waals surface area (Å²) in [6.45, 7) is 14.2. The first-order valence-corrected chi connectivity index (χ1v) is 14.5. The second-order valence-electron chi connectivity index (χ2n) is 11.2. The van der Waals surface area contributed by atoms with Crippen LogP contribution < -0.4 is 16.2 Å². The summed E-state index contributed by atoms with van der Waals surface area (Å²) in [7, 11) is 1.82. The van der Waals surface area contributed by atoms with Crippen molar-refractivity contribution in [3.05, 3.63) is 70.5 Å². The molecule has 1 atom stereocenters. The molecule has 2 N–H and O–H groups in total. The Labute approximate surface area is 241 Å². The number of fused-ring (bicyclic) bond motifs is 1. The van der Waals surface area contributed by atoms with Crippen molar-refractivity contribution in [2.45, 2.75) is 51.2 Å². The maximum Gasteiger partial charge on any atom is 0.252 e. The highest BCUT2D eigenvalue weighted by atomic mass is 16.5. The predicted molar refractivity (Wildman–Crippen MR) is 162 cm³/mol. The first-order chi connectivity index (χ1) is 19.8. The molecule has 2 saturated heterocycles. The summed E-state index contributed by atoms with van der Waals surface area (Å²) < 4.78 is 7.46. The van der Waals surface area contributed by atoms with Gasteiger partial charge in [0.15, 0.2) is 5.65 Å². The number of hydrogen-bond acceptors (Lipinski definition) is 8. The molecule has 0 bridgehead atoms. The molecule has 3 aromatic rings. The molecule has 218 valence electrons. The van der Waals surface area contributed by atoms with Crippen molar-refractivity contribution in [3.63, 3.8) is 0 Å². The van der Waals surface area contributed by atoms with Gasteiger partial charge in [0.1, 0.15) is 5.82 Å². The van der Waals surface area contributed by atoms with Crippen LogP contribution in [0, 0.1) is 0 Å². The molecule has 2 aliphatic rings. The van der Waals surface area contributed by atoms with Crippen molar-refractivity contribution >= 4 is 28.7 Å². The average Bonchev–Trinajstić information content (AvgIpc) is 3.00. The van der Waals surface area contributed by atoms with E-state index >= 15 is 0 Å². The van der Waals surface area contributed by atoms with Crippen molar-refractivity contribution in [1.29, 1.82) is 0 Å². The van der Waals surface area contributed by atoms with Gasteiger partial charge in [0.2, 0.25) is 11.9 Å². The first kappa shape index (κ1) is 28.8.